The van der Waals surface area contributed by atoms with Crippen molar-refractivity contribution in [2.75, 3.05) is 20.3 Å². The van der Waals surface area contributed by atoms with Gasteiger partial charge in [-0.3, -0.25) is 14.2 Å². The molecule has 2 aromatic heterocycles. The normalized spacial score (nSPS) is 10.9. The molecule has 1 N–H and O–H groups in total. The van der Waals surface area contributed by atoms with Crippen LogP contribution < -0.4 is 10.9 Å². The highest BCUT2D eigenvalue weighted by molar-refractivity contribution is 5.94. The second kappa shape index (κ2) is 8.55. The van der Waals surface area contributed by atoms with Crippen LogP contribution in [0.15, 0.2) is 47.4 Å². The van der Waals surface area contributed by atoms with Gasteiger partial charge in [-0.2, -0.15) is 0 Å². The zero-order chi connectivity index (χ0) is 19.2. The Hall–Kier alpha value is -3.06. The molecule has 0 atom stereocenters. The van der Waals surface area contributed by atoms with E-state index < -0.39 is 0 Å². The zero-order valence-corrected chi connectivity index (χ0v) is 15.4. The van der Waals surface area contributed by atoms with Crippen molar-refractivity contribution in [2.24, 2.45) is 0 Å². The van der Waals surface area contributed by atoms with E-state index in [1.165, 1.54) is 0 Å². The average Bonchev–Trinajstić information content (AvgIpc) is 2.71. The molecule has 2 heterocycles. The van der Waals surface area contributed by atoms with Crippen LogP contribution in [0.1, 0.15) is 23.7 Å². The van der Waals surface area contributed by atoms with E-state index in [0.29, 0.717) is 47.7 Å². The van der Waals surface area contributed by atoms with E-state index >= 15 is 0 Å². The number of benzene rings is 1. The number of fused-ring (bicyclic) bond motifs is 1. The van der Waals surface area contributed by atoms with Gasteiger partial charge < -0.3 is 10.1 Å². The van der Waals surface area contributed by atoms with Crippen LogP contribution in [0, 0.1) is 0 Å². The van der Waals surface area contributed by atoms with E-state index in [9.17, 15) is 9.59 Å². The fourth-order valence-corrected chi connectivity index (χ4v) is 2.86. The lowest BCUT2D eigenvalue weighted by molar-refractivity contribution is 0.0948. The van der Waals surface area contributed by atoms with Gasteiger partial charge in [0.2, 0.25) is 0 Å². The van der Waals surface area contributed by atoms with Gasteiger partial charge in [0.1, 0.15) is 11.2 Å². The molecule has 140 valence electrons. The summed E-state index contributed by atoms with van der Waals surface area (Å²) in [7, 11) is 1.63. The van der Waals surface area contributed by atoms with E-state index in [0.717, 1.165) is 6.42 Å². The van der Waals surface area contributed by atoms with Crippen LogP contribution in [-0.4, -0.2) is 40.7 Å². The number of hydrogen-bond donors (Lipinski definition) is 1. The van der Waals surface area contributed by atoms with Gasteiger partial charge in [0.25, 0.3) is 11.5 Å². The topological polar surface area (TPSA) is 86.1 Å². The highest BCUT2D eigenvalue weighted by Crippen LogP contribution is 2.17. The van der Waals surface area contributed by atoms with Crippen LogP contribution in [0.25, 0.3) is 22.4 Å². The minimum Gasteiger partial charge on any atom is -0.385 e. The Morgan fingerprint density at radius 1 is 1.22 bits per heavy atom. The smallest absolute Gasteiger partial charge is 0.278 e. The minimum atomic E-state index is -0.194. The Balaban J connectivity index is 1.88. The number of amides is 1. The number of pyridine rings is 1. The Morgan fingerprint density at radius 3 is 2.70 bits per heavy atom. The number of nitrogens with zero attached hydrogens (tertiary/aromatic N) is 3. The summed E-state index contributed by atoms with van der Waals surface area (Å²) in [6.45, 7) is 3.56. The Labute approximate surface area is 157 Å². The second-order valence-corrected chi connectivity index (χ2v) is 6.04. The minimum absolute atomic E-state index is 0.153. The van der Waals surface area contributed by atoms with Crippen LogP contribution in [0.2, 0.25) is 0 Å². The van der Waals surface area contributed by atoms with Gasteiger partial charge in [-0.1, -0.05) is 12.1 Å². The van der Waals surface area contributed by atoms with Crippen molar-refractivity contribution in [2.45, 2.75) is 19.9 Å². The summed E-state index contributed by atoms with van der Waals surface area (Å²) >= 11 is 0. The van der Waals surface area contributed by atoms with Crippen molar-refractivity contribution in [1.82, 2.24) is 19.9 Å². The third kappa shape index (κ3) is 4.03. The average molecular weight is 366 g/mol. The molecule has 3 rings (SSSR count). The van der Waals surface area contributed by atoms with Crippen molar-refractivity contribution in [3.63, 3.8) is 0 Å². The van der Waals surface area contributed by atoms with Crippen LogP contribution >= 0.6 is 0 Å². The van der Waals surface area contributed by atoms with Gasteiger partial charge in [-0.15, -0.1) is 0 Å². The van der Waals surface area contributed by atoms with Crippen LogP contribution in [0.4, 0.5) is 0 Å². The first kappa shape index (κ1) is 18.7. The summed E-state index contributed by atoms with van der Waals surface area (Å²) < 4.78 is 6.57. The van der Waals surface area contributed by atoms with E-state index in [-0.39, 0.29) is 11.5 Å². The molecular weight excluding hydrogens is 344 g/mol. The molecular formula is C20H22N4O3. The summed E-state index contributed by atoms with van der Waals surface area (Å²) in [6, 6.07) is 10.5. The molecule has 7 heteroatoms. The Morgan fingerprint density at radius 2 is 2.00 bits per heavy atom. The van der Waals surface area contributed by atoms with E-state index in [2.05, 4.69) is 15.3 Å². The van der Waals surface area contributed by atoms with Crippen molar-refractivity contribution in [3.05, 3.63) is 58.5 Å². The fraction of sp³-hybridized carbons (Fsp3) is 0.300. The summed E-state index contributed by atoms with van der Waals surface area (Å²) in [5.74, 6) is -0.153. The van der Waals surface area contributed by atoms with Crippen LogP contribution in [0.3, 0.4) is 0 Å². The van der Waals surface area contributed by atoms with Crippen LogP contribution in [-0.2, 0) is 11.3 Å². The molecule has 1 aromatic carbocycles. The molecule has 1 amide bonds. The van der Waals surface area contributed by atoms with E-state index in [4.69, 9.17) is 4.74 Å². The zero-order valence-electron chi connectivity index (χ0n) is 15.4. The molecule has 0 spiro atoms. The molecule has 0 fully saturated rings. The van der Waals surface area contributed by atoms with Gasteiger partial charge in [-0.05, 0) is 37.6 Å². The summed E-state index contributed by atoms with van der Waals surface area (Å²) in [5.41, 5.74) is 2.60. The lowest BCUT2D eigenvalue weighted by Crippen LogP contribution is -2.25. The van der Waals surface area contributed by atoms with Gasteiger partial charge in [0.05, 0.1) is 0 Å². The molecule has 0 saturated heterocycles. The first-order valence-corrected chi connectivity index (χ1v) is 8.89. The van der Waals surface area contributed by atoms with Gasteiger partial charge in [-0.25, -0.2) is 9.97 Å². The Bertz CT molecular complexity index is 996. The van der Waals surface area contributed by atoms with Crippen molar-refractivity contribution in [1.29, 1.82) is 0 Å². The number of carbonyl (C=O) groups excluding carboxylic acids is 1. The van der Waals surface area contributed by atoms with Crippen molar-refractivity contribution in [3.8, 4) is 11.3 Å². The van der Waals surface area contributed by atoms with Crippen molar-refractivity contribution >= 4 is 17.1 Å². The van der Waals surface area contributed by atoms with Crippen molar-refractivity contribution < 1.29 is 9.53 Å². The molecule has 0 aliphatic heterocycles. The number of ether oxygens (including phenoxy) is 1. The molecule has 0 radical (unpaired) electrons. The quantitative estimate of drug-likeness (QED) is 0.648. The molecule has 0 unspecified atom stereocenters. The maximum absolute atomic E-state index is 12.8. The number of nitrogens with one attached hydrogen (secondary N) is 1. The third-order valence-corrected chi connectivity index (χ3v) is 4.25. The molecule has 0 aliphatic rings. The lowest BCUT2D eigenvalue weighted by Gasteiger charge is -2.10. The monoisotopic (exact) mass is 366 g/mol. The predicted octanol–water partition coefficient (Wildman–Crippen LogP) is 2.24. The number of aryl methyl sites for hydroxylation is 1. The number of methoxy groups -OCH3 is 1. The molecule has 7 nitrogen and oxygen atoms in total. The summed E-state index contributed by atoms with van der Waals surface area (Å²) in [6.07, 6.45) is 2.40. The largest absolute Gasteiger partial charge is 0.385 e. The predicted molar refractivity (Wildman–Crippen MR) is 104 cm³/mol. The van der Waals surface area contributed by atoms with E-state index in [1.54, 1.807) is 48.2 Å². The SMILES string of the molecule is CCn1c(=O)c(-c2ccc(C(=O)NCCCOC)cc2)nc2cccnc21. The number of aromatic nitrogens is 3. The first-order chi connectivity index (χ1) is 13.2. The Kier molecular flexibility index (Phi) is 5.93. The maximum Gasteiger partial charge on any atom is 0.278 e. The number of hydrogen-bond acceptors (Lipinski definition) is 5. The summed E-state index contributed by atoms with van der Waals surface area (Å²) in [4.78, 5) is 33.7. The summed E-state index contributed by atoms with van der Waals surface area (Å²) in [5, 5.41) is 2.84. The second-order valence-electron chi connectivity index (χ2n) is 6.04. The molecule has 3 aromatic rings. The lowest BCUT2D eigenvalue weighted by atomic mass is 10.1. The van der Waals surface area contributed by atoms with E-state index in [1.807, 2.05) is 13.0 Å². The van der Waals surface area contributed by atoms with Crippen LogP contribution in [0.5, 0.6) is 0 Å². The molecule has 0 aliphatic carbocycles. The highest BCUT2D eigenvalue weighted by Gasteiger charge is 2.13. The van der Waals surface area contributed by atoms with Gasteiger partial charge in [0.15, 0.2) is 5.65 Å². The standard InChI is InChI=1S/C20H22N4O3/c1-3-24-18-16(6-4-11-21-18)23-17(20(24)26)14-7-9-15(10-8-14)19(25)22-12-5-13-27-2/h4,6-11H,3,5,12-13H2,1-2H3,(H,22,25). The first-order valence-electron chi connectivity index (χ1n) is 8.89. The molecule has 0 bridgehead atoms. The van der Waals surface area contributed by atoms with Gasteiger partial charge in [0, 0.05) is 44.1 Å². The third-order valence-electron chi connectivity index (χ3n) is 4.25. The molecule has 0 saturated carbocycles. The number of rotatable bonds is 7. The van der Waals surface area contributed by atoms with Gasteiger partial charge >= 0.3 is 0 Å². The maximum atomic E-state index is 12.8. The number of carbonyl (C=O) groups is 1. The molecule has 27 heavy (non-hydrogen) atoms. The highest BCUT2D eigenvalue weighted by atomic mass is 16.5. The fourth-order valence-electron chi connectivity index (χ4n) is 2.86.